The van der Waals surface area contributed by atoms with Crippen LogP contribution >= 0.6 is 0 Å². The van der Waals surface area contributed by atoms with Gasteiger partial charge in [0.1, 0.15) is 6.04 Å². The van der Waals surface area contributed by atoms with Gasteiger partial charge in [0.15, 0.2) is 0 Å². The van der Waals surface area contributed by atoms with Crippen molar-refractivity contribution in [2.45, 2.75) is 37.4 Å². The van der Waals surface area contributed by atoms with Crippen molar-refractivity contribution < 1.29 is 36.6 Å². The summed E-state index contributed by atoms with van der Waals surface area (Å²) in [6.07, 6.45) is -4.37. The van der Waals surface area contributed by atoms with Gasteiger partial charge in [-0.05, 0) is 24.7 Å². The van der Waals surface area contributed by atoms with E-state index in [4.69, 9.17) is 5.11 Å². The van der Waals surface area contributed by atoms with Crippen LogP contribution < -0.4 is 0 Å². The lowest BCUT2D eigenvalue weighted by molar-refractivity contribution is -0.275. The van der Waals surface area contributed by atoms with Crippen molar-refractivity contribution in [1.82, 2.24) is 4.90 Å². The minimum absolute atomic E-state index is 0.185. The summed E-state index contributed by atoms with van der Waals surface area (Å²) in [5, 5.41) is 9.03. The first-order valence-corrected chi connectivity index (χ1v) is 6.05. The number of amides is 1. The lowest BCUT2D eigenvalue weighted by Gasteiger charge is -2.28. The number of alkyl halides is 5. The zero-order chi connectivity index (χ0) is 15.3. The number of rotatable bonds is 2. The topological polar surface area (TPSA) is 57.6 Å². The highest BCUT2D eigenvalue weighted by Gasteiger charge is 2.67. The molecule has 2 rings (SSSR count). The Morgan fingerprint density at radius 2 is 1.70 bits per heavy atom. The van der Waals surface area contributed by atoms with Crippen LogP contribution in [0.4, 0.5) is 22.0 Å². The van der Waals surface area contributed by atoms with Crippen molar-refractivity contribution in [1.29, 1.82) is 0 Å². The number of aliphatic carboxylic acids is 1. The zero-order valence-electron chi connectivity index (χ0n) is 10.2. The first-order valence-electron chi connectivity index (χ1n) is 6.05. The number of likely N-dealkylation sites (tertiary alicyclic amines) is 1. The molecule has 1 aliphatic heterocycles. The van der Waals surface area contributed by atoms with E-state index in [2.05, 4.69) is 0 Å². The van der Waals surface area contributed by atoms with Gasteiger partial charge < -0.3 is 10.0 Å². The van der Waals surface area contributed by atoms with Crippen LogP contribution in [0, 0.1) is 11.8 Å². The van der Waals surface area contributed by atoms with Crippen LogP contribution in [0.5, 0.6) is 0 Å². The van der Waals surface area contributed by atoms with Crippen molar-refractivity contribution in [3.05, 3.63) is 0 Å². The summed E-state index contributed by atoms with van der Waals surface area (Å²) in [6.45, 7) is -0.355. The molecule has 1 N–H and O–H groups in total. The molecule has 114 valence electrons. The molecule has 1 heterocycles. The molecule has 1 saturated heterocycles. The fourth-order valence-corrected chi connectivity index (χ4v) is 3.13. The van der Waals surface area contributed by atoms with Crippen molar-refractivity contribution in [2.75, 3.05) is 6.54 Å². The highest BCUT2D eigenvalue weighted by molar-refractivity contribution is 5.89. The largest absolute Gasteiger partial charge is 0.480 e. The first-order chi connectivity index (χ1) is 9.07. The van der Waals surface area contributed by atoms with Gasteiger partial charge in [0.05, 0.1) is 0 Å². The number of carboxylic acids is 1. The summed E-state index contributed by atoms with van der Waals surface area (Å²) >= 11 is 0. The summed E-state index contributed by atoms with van der Waals surface area (Å²) in [5.41, 5.74) is 0. The molecule has 20 heavy (non-hydrogen) atoms. The Labute approximate surface area is 110 Å². The highest BCUT2D eigenvalue weighted by atomic mass is 19.4. The van der Waals surface area contributed by atoms with Gasteiger partial charge in [0.2, 0.25) is 0 Å². The SMILES string of the molecule is O=C(O)C1C2CCCC2CN1C(=O)C(F)(F)C(F)(F)F. The summed E-state index contributed by atoms with van der Waals surface area (Å²) in [5.74, 6) is -10.4. The minimum Gasteiger partial charge on any atom is -0.480 e. The normalized spacial score (nSPS) is 30.4. The number of fused-ring (bicyclic) bond motifs is 1. The van der Waals surface area contributed by atoms with Gasteiger partial charge in [-0.25, -0.2) is 4.79 Å². The van der Waals surface area contributed by atoms with Gasteiger partial charge in [0, 0.05) is 6.54 Å². The fourth-order valence-electron chi connectivity index (χ4n) is 3.13. The lowest BCUT2D eigenvalue weighted by atomic mass is 9.94. The second-order valence-electron chi connectivity index (χ2n) is 5.17. The van der Waals surface area contributed by atoms with Crippen molar-refractivity contribution >= 4 is 11.9 Å². The van der Waals surface area contributed by atoms with E-state index in [0.29, 0.717) is 19.3 Å². The van der Waals surface area contributed by atoms with Gasteiger partial charge in [-0.15, -0.1) is 0 Å². The van der Waals surface area contributed by atoms with E-state index < -0.39 is 35.9 Å². The molecule has 2 fully saturated rings. The quantitative estimate of drug-likeness (QED) is 0.793. The van der Waals surface area contributed by atoms with Crippen LogP contribution in [-0.4, -0.2) is 46.6 Å². The van der Waals surface area contributed by atoms with Crippen LogP contribution in [0.1, 0.15) is 19.3 Å². The molecule has 0 aromatic heterocycles. The number of carboxylic acid groups (broad SMARTS) is 1. The number of carbonyl (C=O) groups excluding carboxylic acids is 1. The third kappa shape index (κ3) is 2.12. The standard InChI is InChI=1S/C11H12F5NO3/c12-10(13,11(14,15)16)9(20)17-4-5-2-1-3-6(5)7(17)8(18)19/h5-7H,1-4H2,(H,18,19). The molecular formula is C11H12F5NO3. The Hall–Kier alpha value is -1.41. The van der Waals surface area contributed by atoms with Gasteiger partial charge in [0.25, 0.3) is 0 Å². The van der Waals surface area contributed by atoms with E-state index in [1.807, 2.05) is 0 Å². The third-order valence-electron chi connectivity index (χ3n) is 4.03. The molecule has 0 bridgehead atoms. The summed E-state index contributed by atoms with van der Waals surface area (Å²) < 4.78 is 62.8. The average Bonchev–Trinajstić information content (AvgIpc) is 2.84. The predicted molar refractivity (Wildman–Crippen MR) is 55.0 cm³/mol. The highest BCUT2D eigenvalue weighted by Crippen LogP contribution is 2.45. The van der Waals surface area contributed by atoms with Gasteiger partial charge in [-0.1, -0.05) is 6.42 Å². The molecule has 0 aromatic carbocycles. The lowest BCUT2D eigenvalue weighted by Crippen LogP contribution is -2.55. The molecular weight excluding hydrogens is 289 g/mol. The molecule has 2 aliphatic rings. The van der Waals surface area contributed by atoms with Crippen LogP contribution in [0.2, 0.25) is 0 Å². The van der Waals surface area contributed by atoms with Crippen molar-refractivity contribution in [2.24, 2.45) is 11.8 Å². The zero-order valence-corrected chi connectivity index (χ0v) is 10.2. The van der Waals surface area contributed by atoms with E-state index in [9.17, 15) is 31.5 Å². The molecule has 9 heteroatoms. The van der Waals surface area contributed by atoms with E-state index in [-0.39, 0.29) is 17.4 Å². The number of carbonyl (C=O) groups is 2. The van der Waals surface area contributed by atoms with E-state index in [1.54, 1.807) is 0 Å². The number of halogens is 5. The van der Waals surface area contributed by atoms with Crippen LogP contribution in [0.3, 0.4) is 0 Å². The summed E-state index contributed by atoms with van der Waals surface area (Å²) in [4.78, 5) is 22.8. The molecule has 3 unspecified atom stereocenters. The fraction of sp³-hybridized carbons (Fsp3) is 0.818. The Kier molecular flexibility index (Phi) is 3.42. The minimum atomic E-state index is -6.02. The van der Waals surface area contributed by atoms with Gasteiger partial charge in [-0.2, -0.15) is 22.0 Å². The molecule has 4 nitrogen and oxygen atoms in total. The maximum atomic E-state index is 13.1. The Morgan fingerprint density at radius 3 is 2.20 bits per heavy atom. The van der Waals surface area contributed by atoms with Crippen LogP contribution in [0.15, 0.2) is 0 Å². The molecule has 3 atom stereocenters. The molecule has 1 saturated carbocycles. The van der Waals surface area contributed by atoms with Crippen LogP contribution in [-0.2, 0) is 9.59 Å². The maximum absolute atomic E-state index is 13.1. The Balaban J connectivity index is 2.28. The second-order valence-corrected chi connectivity index (χ2v) is 5.17. The van der Waals surface area contributed by atoms with Crippen LogP contribution in [0.25, 0.3) is 0 Å². The smallest absolute Gasteiger partial charge is 0.463 e. The maximum Gasteiger partial charge on any atom is 0.463 e. The van der Waals surface area contributed by atoms with Gasteiger partial charge in [-0.3, -0.25) is 4.79 Å². The molecule has 1 amide bonds. The third-order valence-corrected chi connectivity index (χ3v) is 4.03. The summed E-state index contributed by atoms with van der Waals surface area (Å²) in [6, 6.07) is -1.59. The Bertz CT molecular complexity index is 436. The summed E-state index contributed by atoms with van der Waals surface area (Å²) in [7, 11) is 0. The molecule has 0 spiro atoms. The van der Waals surface area contributed by atoms with E-state index >= 15 is 0 Å². The van der Waals surface area contributed by atoms with Gasteiger partial charge >= 0.3 is 24.0 Å². The Morgan fingerprint density at radius 1 is 1.10 bits per heavy atom. The van der Waals surface area contributed by atoms with E-state index in [0.717, 1.165) is 0 Å². The van der Waals surface area contributed by atoms with Crippen molar-refractivity contribution in [3.63, 3.8) is 0 Å². The predicted octanol–water partition coefficient (Wildman–Crippen LogP) is 1.90. The van der Waals surface area contributed by atoms with Crippen molar-refractivity contribution in [3.8, 4) is 0 Å². The second kappa shape index (κ2) is 4.56. The van der Waals surface area contributed by atoms with E-state index in [1.165, 1.54) is 0 Å². The molecule has 1 aliphatic carbocycles. The monoisotopic (exact) mass is 301 g/mol. The number of hydrogen-bond acceptors (Lipinski definition) is 2. The number of hydrogen-bond donors (Lipinski definition) is 1. The number of nitrogens with zero attached hydrogens (tertiary/aromatic N) is 1. The molecule has 0 aromatic rings. The molecule has 0 radical (unpaired) electrons. The average molecular weight is 301 g/mol. The first kappa shape index (κ1) is 15.0.